The van der Waals surface area contributed by atoms with Gasteiger partial charge >= 0.3 is 0 Å². The molecule has 0 aromatic rings. The lowest BCUT2D eigenvalue weighted by molar-refractivity contribution is -0.125. The van der Waals surface area contributed by atoms with Crippen molar-refractivity contribution in [1.29, 1.82) is 0 Å². The van der Waals surface area contributed by atoms with Gasteiger partial charge in [-0.25, -0.2) is 0 Å². The molecule has 118 valence electrons. The van der Waals surface area contributed by atoms with Crippen molar-refractivity contribution in [3.8, 4) is 0 Å². The summed E-state index contributed by atoms with van der Waals surface area (Å²) in [4.78, 5) is 14.3. The van der Waals surface area contributed by atoms with E-state index in [-0.39, 0.29) is 5.91 Å². The Bertz CT molecular complexity index is 319. The second-order valence-corrected chi connectivity index (χ2v) is 6.92. The molecule has 0 spiro atoms. The van der Waals surface area contributed by atoms with E-state index in [0.29, 0.717) is 12.0 Å². The zero-order valence-electron chi connectivity index (χ0n) is 13.9. The minimum atomic E-state index is -0.470. The van der Waals surface area contributed by atoms with Crippen molar-refractivity contribution in [1.82, 2.24) is 10.2 Å². The van der Waals surface area contributed by atoms with Gasteiger partial charge in [0, 0.05) is 6.04 Å². The summed E-state index contributed by atoms with van der Waals surface area (Å²) in [7, 11) is 4.06. The summed E-state index contributed by atoms with van der Waals surface area (Å²) in [6.45, 7) is 7.85. The second kappa shape index (κ2) is 7.41. The Balaban J connectivity index is 2.54. The van der Waals surface area contributed by atoms with Gasteiger partial charge in [-0.3, -0.25) is 4.79 Å². The number of hydrogen-bond acceptors (Lipinski definition) is 3. The Kier molecular flexibility index (Phi) is 6.46. The van der Waals surface area contributed by atoms with Crippen LogP contribution in [0.2, 0.25) is 0 Å². The summed E-state index contributed by atoms with van der Waals surface area (Å²) in [5.74, 6) is 0.917. The highest BCUT2D eigenvalue weighted by atomic mass is 16.1. The number of nitrogens with zero attached hydrogens (tertiary/aromatic N) is 1. The van der Waals surface area contributed by atoms with Crippen molar-refractivity contribution in [2.75, 3.05) is 20.6 Å². The standard InChI is InChI=1S/C16H33N3O/c1-12(2)11-13(3)19(5)10-8-14-7-6-9-16(14,18-4)15(17)20/h12-14,18H,6-11H2,1-5H3,(H2,17,20). The topological polar surface area (TPSA) is 58.4 Å². The van der Waals surface area contributed by atoms with Gasteiger partial charge < -0.3 is 16.0 Å². The first-order chi connectivity index (χ1) is 9.33. The van der Waals surface area contributed by atoms with Crippen LogP contribution < -0.4 is 11.1 Å². The number of likely N-dealkylation sites (N-methyl/N-ethyl adjacent to an activating group) is 1. The molecule has 20 heavy (non-hydrogen) atoms. The van der Waals surface area contributed by atoms with E-state index in [4.69, 9.17) is 5.73 Å². The van der Waals surface area contributed by atoms with Crippen LogP contribution in [0, 0.1) is 11.8 Å². The van der Waals surface area contributed by atoms with Crippen molar-refractivity contribution in [2.45, 2.75) is 64.5 Å². The molecule has 1 rings (SSSR count). The van der Waals surface area contributed by atoms with Gasteiger partial charge in [0.2, 0.25) is 5.91 Å². The van der Waals surface area contributed by atoms with Crippen LogP contribution in [-0.4, -0.2) is 43.0 Å². The zero-order valence-corrected chi connectivity index (χ0v) is 13.9. The van der Waals surface area contributed by atoms with Gasteiger partial charge in [0.1, 0.15) is 5.54 Å². The lowest BCUT2D eigenvalue weighted by Gasteiger charge is -2.34. The molecule has 3 unspecified atom stereocenters. The summed E-state index contributed by atoms with van der Waals surface area (Å²) >= 11 is 0. The summed E-state index contributed by atoms with van der Waals surface area (Å²) in [6.07, 6.45) is 5.35. The highest BCUT2D eigenvalue weighted by Crippen LogP contribution is 2.37. The number of rotatable bonds is 8. The molecule has 4 nitrogen and oxygen atoms in total. The van der Waals surface area contributed by atoms with E-state index >= 15 is 0 Å². The van der Waals surface area contributed by atoms with Crippen LogP contribution in [0.3, 0.4) is 0 Å². The van der Waals surface area contributed by atoms with Gasteiger partial charge in [-0.05, 0) is 65.1 Å². The van der Waals surface area contributed by atoms with Gasteiger partial charge in [-0.2, -0.15) is 0 Å². The van der Waals surface area contributed by atoms with Gasteiger partial charge in [-0.15, -0.1) is 0 Å². The van der Waals surface area contributed by atoms with E-state index in [1.54, 1.807) is 0 Å². The maximum absolute atomic E-state index is 11.8. The number of amides is 1. The van der Waals surface area contributed by atoms with Crippen LogP contribution in [0.5, 0.6) is 0 Å². The average molecular weight is 283 g/mol. The molecule has 0 aromatic carbocycles. The van der Waals surface area contributed by atoms with Crippen molar-refractivity contribution in [3.05, 3.63) is 0 Å². The molecular formula is C16H33N3O. The molecule has 1 amide bonds. The highest BCUT2D eigenvalue weighted by molar-refractivity contribution is 5.85. The van der Waals surface area contributed by atoms with E-state index in [2.05, 4.69) is 38.0 Å². The molecule has 1 fully saturated rings. The summed E-state index contributed by atoms with van der Waals surface area (Å²) in [5, 5.41) is 3.22. The Morgan fingerprint density at radius 2 is 2.10 bits per heavy atom. The van der Waals surface area contributed by atoms with Crippen LogP contribution in [0.15, 0.2) is 0 Å². The number of nitrogens with one attached hydrogen (secondary N) is 1. The van der Waals surface area contributed by atoms with E-state index in [1.807, 2.05) is 7.05 Å². The second-order valence-electron chi connectivity index (χ2n) is 6.92. The number of hydrogen-bond donors (Lipinski definition) is 2. The molecule has 1 aliphatic carbocycles. The number of carbonyl (C=O) groups excluding carboxylic acids is 1. The molecule has 1 saturated carbocycles. The first-order valence-corrected chi connectivity index (χ1v) is 8.02. The molecule has 0 heterocycles. The number of nitrogens with two attached hydrogens (primary N) is 1. The average Bonchev–Trinajstić information content (AvgIpc) is 2.79. The maximum Gasteiger partial charge on any atom is 0.238 e. The largest absolute Gasteiger partial charge is 0.368 e. The molecule has 0 bridgehead atoms. The summed E-state index contributed by atoms with van der Waals surface area (Å²) in [6, 6.07) is 0.592. The van der Waals surface area contributed by atoms with Crippen LogP contribution in [-0.2, 0) is 4.79 Å². The highest BCUT2D eigenvalue weighted by Gasteiger charge is 2.46. The third-order valence-electron chi connectivity index (χ3n) is 5.10. The third-order valence-corrected chi connectivity index (χ3v) is 5.10. The maximum atomic E-state index is 11.8. The smallest absolute Gasteiger partial charge is 0.238 e. The molecule has 0 saturated heterocycles. The predicted octanol–water partition coefficient (Wildman–Crippen LogP) is 1.99. The van der Waals surface area contributed by atoms with Gasteiger partial charge in [0.05, 0.1) is 0 Å². The number of carbonyl (C=O) groups is 1. The first-order valence-electron chi connectivity index (χ1n) is 8.02. The minimum Gasteiger partial charge on any atom is -0.368 e. The fourth-order valence-corrected chi connectivity index (χ4v) is 3.69. The molecule has 1 aliphatic rings. The molecule has 3 N–H and O–H groups in total. The van der Waals surface area contributed by atoms with Gasteiger partial charge in [-0.1, -0.05) is 20.3 Å². The molecule has 0 radical (unpaired) electrons. The SMILES string of the molecule is CNC1(C(N)=O)CCCC1CCN(C)C(C)CC(C)C. The van der Waals surface area contributed by atoms with Gasteiger partial charge in [0.25, 0.3) is 0 Å². The predicted molar refractivity (Wildman–Crippen MR) is 84.5 cm³/mol. The summed E-state index contributed by atoms with van der Waals surface area (Å²) < 4.78 is 0. The van der Waals surface area contributed by atoms with Crippen molar-refractivity contribution < 1.29 is 4.79 Å². The van der Waals surface area contributed by atoms with Crippen LogP contribution in [0.1, 0.15) is 52.9 Å². The quantitative estimate of drug-likeness (QED) is 0.716. The van der Waals surface area contributed by atoms with Crippen LogP contribution in [0.4, 0.5) is 0 Å². The van der Waals surface area contributed by atoms with E-state index in [0.717, 1.165) is 38.1 Å². The number of primary amides is 1. The fourth-order valence-electron chi connectivity index (χ4n) is 3.69. The lowest BCUT2D eigenvalue weighted by Crippen LogP contribution is -2.56. The Hall–Kier alpha value is -0.610. The monoisotopic (exact) mass is 283 g/mol. The van der Waals surface area contributed by atoms with Crippen molar-refractivity contribution >= 4 is 5.91 Å². The summed E-state index contributed by atoms with van der Waals surface area (Å²) in [5.41, 5.74) is 5.18. The molecule has 4 heteroatoms. The Morgan fingerprint density at radius 3 is 2.60 bits per heavy atom. The van der Waals surface area contributed by atoms with Crippen molar-refractivity contribution in [3.63, 3.8) is 0 Å². The molecular weight excluding hydrogens is 250 g/mol. The van der Waals surface area contributed by atoms with Crippen molar-refractivity contribution in [2.24, 2.45) is 17.6 Å². The zero-order chi connectivity index (χ0) is 15.3. The van der Waals surface area contributed by atoms with Crippen LogP contribution in [0.25, 0.3) is 0 Å². The van der Waals surface area contributed by atoms with E-state index in [1.165, 1.54) is 6.42 Å². The van der Waals surface area contributed by atoms with E-state index in [9.17, 15) is 4.79 Å². The van der Waals surface area contributed by atoms with Gasteiger partial charge in [0.15, 0.2) is 0 Å². The molecule has 0 aliphatic heterocycles. The third kappa shape index (κ3) is 3.95. The fraction of sp³-hybridized carbons (Fsp3) is 0.938. The first kappa shape index (κ1) is 17.4. The molecule has 3 atom stereocenters. The Labute approximate surface area is 124 Å². The minimum absolute atomic E-state index is 0.180. The Morgan fingerprint density at radius 1 is 1.45 bits per heavy atom. The van der Waals surface area contributed by atoms with Crippen LogP contribution >= 0.6 is 0 Å². The lowest BCUT2D eigenvalue weighted by atomic mass is 9.84. The van der Waals surface area contributed by atoms with E-state index < -0.39 is 5.54 Å². The molecule has 0 aromatic heterocycles. The normalized spacial score (nSPS) is 28.2.